The molecule has 0 bridgehead atoms. The van der Waals surface area contributed by atoms with Gasteiger partial charge in [0.2, 0.25) is 0 Å². The van der Waals surface area contributed by atoms with Gasteiger partial charge in [-0.15, -0.1) is 0 Å². The molecule has 1 N–H and O–H groups in total. The Hall–Kier alpha value is -3.73. The first kappa shape index (κ1) is 18.3. The molecule has 1 aliphatic rings. The number of rotatable bonds is 5. The van der Waals surface area contributed by atoms with E-state index in [1.54, 1.807) is 17.0 Å². The number of anilines is 1. The van der Waals surface area contributed by atoms with Crippen LogP contribution in [0, 0.1) is 6.92 Å². The van der Waals surface area contributed by atoms with Crippen LogP contribution < -0.4 is 9.88 Å². The van der Waals surface area contributed by atoms with Crippen molar-refractivity contribution in [3.05, 3.63) is 102 Å². The lowest BCUT2D eigenvalue weighted by atomic mass is 10.0. The van der Waals surface area contributed by atoms with Gasteiger partial charge < -0.3 is 4.42 Å². The lowest BCUT2D eigenvalue weighted by Gasteiger charge is -2.06. The molecular weight excluding hydrogens is 374 g/mol. The number of carbonyl (C=O) groups is 1. The van der Waals surface area contributed by atoms with E-state index in [2.05, 4.69) is 48.6 Å². The van der Waals surface area contributed by atoms with E-state index in [4.69, 9.17) is 9.40 Å². The van der Waals surface area contributed by atoms with Crippen LogP contribution >= 0.6 is 0 Å². The first-order valence-corrected chi connectivity index (χ1v) is 10.1. The topological polar surface area (TPSA) is 59.0 Å². The first-order valence-electron chi connectivity index (χ1n) is 10.1. The Morgan fingerprint density at radius 1 is 1.00 bits per heavy atom. The smallest absolute Gasteiger partial charge is 0.359 e. The highest BCUT2D eigenvalue weighted by Gasteiger charge is 2.41. The summed E-state index contributed by atoms with van der Waals surface area (Å²) >= 11 is 0. The Morgan fingerprint density at radius 3 is 2.53 bits per heavy atom. The number of fused-ring (bicyclic) bond motifs is 1. The van der Waals surface area contributed by atoms with Crippen molar-refractivity contribution in [2.75, 3.05) is 5.32 Å². The predicted octanol–water partition coefficient (Wildman–Crippen LogP) is 4.21. The Balaban J connectivity index is 1.52. The fourth-order valence-electron chi connectivity index (χ4n) is 3.83. The zero-order chi connectivity index (χ0) is 20.5. The van der Waals surface area contributed by atoms with E-state index >= 15 is 0 Å². The van der Waals surface area contributed by atoms with Crippen LogP contribution in [-0.2, 0) is 12.8 Å². The lowest BCUT2D eigenvalue weighted by molar-refractivity contribution is -0.552. The minimum atomic E-state index is -0.323. The Labute approximate surface area is 175 Å². The minimum Gasteiger partial charge on any atom is -0.463 e. The van der Waals surface area contributed by atoms with Crippen LogP contribution in [0.3, 0.4) is 0 Å². The van der Waals surface area contributed by atoms with Crippen molar-refractivity contribution in [3.8, 4) is 11.5 Å². The average Bonchev–Trinajstić information content (AvgIpc) is 3.40. The number of aryl methyl sites for hydroxylation is 1. The van der Waals surface area contributed by atoms with Gasteiger partial charge in [0, 0.05) is 12.8 Å². The van der Waals surface area contributed by atoms with E-state index in [-0.39, 0.29) is 11.9 Å². The van der Waals surface area contributed by atoms with Gasteiger partial charge in [0.05, 0.1) is 6.26 Å². The van der Waals surface area contributed by atoms with Crippen LogP contribution in [0.2, 0.25) is 0 Å². The number of aromatic nitrogens is 2. The Morgan fingerprint density at radius 2 is 1.80 bits per heavy atom. The largest absolute Gasteiger partial charge is 0.463 e. The van der Waals surface area contributed by atoms with Gasteiger partial charge in [0.1, 0.15) is 17.6 Å². The van der Waals surface area contributed by atoms with E-state index < -0.39 is 0 Å². The van der Waals surface area contributed by atoms with Gasteiger partial charge in [-0.1, -0.05) is 60.2 Å². The second-order valence-corrected chi connectivity index (χ2v) is 7.66. The zero-order valence-corrected chi connectivity index (χ0v) is 16.7. The summed E-state index contributed by atoms with van der Waals surface area (Å²) in [4.78, 5) is 18.1. The molecule has 30 heavy (non-hydrogen) atoms. The van der Waals surface area contributed by atoms with E-state index in [0.29, 0.717) is 24.3 Å². The summed E-state index contributed by atoms with van der Waals surface area (Å²) in [6, 6.07) is 21.8. The van der Waals surface area contributed by atoms with E-state index in [1.165, 1.54) is 5.56 Å². The molecule has 0 aliphatic carbocycles. The summed E-state index contributed by atoms with van der Waals surface area (Å²) in [6.45, 7) is 2.06. The SMILES string of the molecule is Cc1ccc(CC2Nc3c(Cc4ccccc4)nc(-c4ccco4)c[n+]3C2=O)cc1. The second-order valence-electron chi connectivity index (χ2n) is 7.66. The standard InChI is InChI=1S/C25H21N3O2/c1-17-9-11-19(12-10-17)15-21-25(29)28-16-22(23-8-5-13-30-23)26-20(24(28)27-21)14-18-6-3-2-4-7-18/h2-13,16,21H,14-15H2,1H3/p+1. The van der Waals surface area contributed by atoms with Crippen LogP contribution in [0.5, 0.6) is 0 Å². The van der Waals surface area contributed by atoms with E-state index in [9.17, 15) is 4.79 Å². The number of benzene rings is 2. The number of furan rings is 1. The van der Waals surface area contributed by atoms with Crippen LogP contribution in [-0.4, -0.2) is 16.9 Å². The molecule has 0 amide bonds. The number of nitrogens with one attached hydrogen (secondary N) is 1. The Kier molecular flexibility index (Phi) is 4.64. The number of carbonyl (C=O) groups excluding carboxylic acids is 1. The van der Waals surface area contributed by atoms with Gasteiger partial charge in [0.25, 0.3) is 0 Å². The van der Waals surface area contributed by atoms with Crippen LogP contribution in [0.4, 0.5) is 5.82 Å². The molecule has 2 aromatic carbocycles. The molecule has 0 saturated carbocycles. The molecule has 1 aliphatic heterocycles. The lowest BCUT2D eigenvalue weighted by Crippen LogP contribution is -2.44. The fraction of sp³-hybridized carbons (Fsp3) is 0.160. The maximum atomic E-state index is 13.2. The van der Waals surface area contributed by atoms with Crippen molar-refractivity contribution in [3.63, 3.8) is 0 Å². The molecule has 0 radical (unpaired) electrons. The van der Waals surface area contributed by atoms with Gasteiger partial charge in [-0.25, -0.2) is 9.78 Å². The highest BCUT2D eigenvalue weighted by atomic mass is 16.3. The number of hydrogen-bond acceptors (Lipinski definition) is 4. The second kappa shape index (κ2) is 7.59. The summed E-state index contributed by atoms with van der Waals surface area (Å²) in [5, 5.41) is 3.43. The molecule has 4 aromatic rings. The molecule has 5 nitrogen and oxygen atoms in total. The molecule has 1 atom stereocenters. The van der Waals surface area contributed by atoms with Crippen LogP contribution in [0.1, 0.15) is 27.2 Å². The summed E-state index contributed by atoms with van der Waals surface area (Å²) < 4.78 is 7.24. The van der Waals surface area contributed by atoms with Gasteiger partial charge >= 0.3 is 11.7 Å². The van der Waals surface area contributed by atoms with Gasteiger partial charge in [0.15, 0.2) is 11.8 Å². The van der Waals surface area contributed by atoms with E-state index in [1.807, 2.05) is 30.3 Å². The molecule has 1 unspecified atom stereocenters. The Bertz CT molecular complexity index is 1180. The quantitative estimate of drug-likeness (QED) is 0.514. The summed E-state index contributed by atoms with van der Waals surface area (Å²) in [7, 11) is 0. The molecule has 148 valence electrons. The molecule has 2 aromatic heterocycles. The number of hydrogen-bond donors (Lipinski definition) is 1. The minimum absolute atomic E-state index is 0.0232. The van der Waals surface area contributed by atoms with Gasteiger partial charge in [-0.2, -0.15) is 4.57 Å². The molecule has 0 fully saturated rings. The molecular formula is C25H22N3O2+. The summed E-state index contributed by atoms with van der Waals surface area (Å²) in [6.07, 6.45) is 4.64. The van der Waals surface area contributed by atoms with Crippen LogP contribution in [0.15, 0.2) is 83.6 Å². The monoisotopic (exact) mass is 396 g/mol. The molecule has 0 saturated heterocycles. The van der Waals surface area contributed by atoms with Crippen molar-refractivity contribution in [1.29, 1.82) is 0 Å². The van der Waals surface area contributed by atoms with E-state index in [0.717, 1.165) is 22.6 Å². The zero-order valence-electron chi connectivity index (χ0n) is 16.7. The maximum Gasteiger partial charge on any atom is 0.359 e. The third-order valence-corrected chi connectivity index (χ3v) is 5.42. The summed E-state index contributed by atoms with van der Waals surface area (Å²) in [5.74, 6) is 1.43. The number of nitrogens with zero attached hydrogens (tertiary/aromatic N) is 2. The van der Waals surface area contributed by atoms with Crippen molar-refractivity contribution in [1.82, 2.24) is 4.98 Å². The highest BCUT2D eigenvalue weighted by molar-refractivity contribution is 5.82. The average molecular weight is 396 g/mol. The molecule has 5 rings (SSSR count). The van der Waals surface area contributed by atoms with Crippen molar-refractivity contribution >= 4 is 11.7 Å². The third-order valence-electron chi connectivity index (χ3n) is 5.42. The van der Waals surface area contributed by atoms with Crippen LogP contribution in [0.25, 0.3) is 11.5 Å². The normalized spacial score (nSPS) is 15.1. The molecule has 5 heteroatoms. The first-order chi connectivity index (χ1) is 14.7. The van der Waals surface area contributed by atoms with Gasteiger partial charge in [-0.05, 0) is 30.2 Å². The highest BCUT2D eigenvalue weighted by Crippen LogP contribution is 2.25. The molecule has 3 heterocycles. The van der Waals surface area contributed by atoms with Crippen molar-refractivity contribution in [2.24, 2.45) is 0 Å². The third kappa shape index (κ3) is 3.50. The fourth-order valence-corrected chi connectivity index (χ4v) is 3.83. The van der Waals surface area contributed by atoms with Crippen molar-refractivity contribution < 1.29 is 13.8 Å². The molecule has 0 spiro atoms. The maximum absolute atomic E-state index is 13.2. The predicted molar refractivity (Wildman–Crippen MR) is 114 cm³/mol. The van der Waals surface area contributed by atoms with Gasteiger partial charge in [-0.3, -0.25) is 5.32 Å². The van der Waals surface area contributed by atoms with Crippen molar-refractivity contribution in [2.45, 2.75) is 25.8 Å². The summed E-state index contributed by atoms with van der Waals surface area (Å²) in [5.41, 5.74) is 4.96.